The fourth-order valence-electron chi connectivity index (χ4n) is 2.95. The molecule has 0 saturated carbocycles. The first-order valence-electron chi connectivity index (χ1n) is 9.21. The van der Waals surface area contributed by atoms with Crippen LogP contribution in [-0.2, 0) is 6.42 Å². The summed E-state index contributed by atoms with van der Waals surface area (Å²) >= 11 is 0. The van der Waals surface area contributed by atoms with Crippen molar-refractivity contribution in [3.63, 3.8) is 0 Å². The number of benzene rings is 1. The number of furan rings is 1. The van der Waals surface area contributed by atoms with Crippen LogP contribution in [0.4, 0.5) is 0 Å². The van der Waals surface area contributed by atoms with Crippen molar-refractivity contribution in [2.45, 2.75) is 6.42 Å². The molecule has 0 bridgehead atoms. The van der Waals surface area contributed by atoms with Crippen LogP contribution in [0, 0.1) is 0 Å². The predicted octanol–water partition coefficient (Wildman–Crippen LogP) is 3.51. The van der Waals surface area contributed by atoms with Crippen molar-refractivity contribution >= 4 is 5.91 Å². The molecule has 0 unspecified atom stereocenters. The molecule has 0 aliphatic rings. The molecule has 1 N–H and O–H groups in total. The molecule has 0 spiro atoms. The number of pyridine rings is 1. The van der Waals surface area contributed by atoms with E-state index in [4.69, 9.17) is 9.15 Å². The lowest BCUT2D eigenvalue weighted by molar-refractivity contribution is 0.0946. The lowest BCUT2D eigenvalue weighted by Gasteiger charge is -2.09. The van der Waals surface area contributed by atoms with Crippen LogP contribution in [0.2, 0.25) is 0 Å². The Morgan fingerprint density at radius 3 is 2.69 bits per heavy atom. The summed E-state index contributed by atoms with van der Waals surface area (Å²) in [5.41, 5.74) is 2.68. The minimum Gasteiger partial charge on any atom is -0.497 e. The molecule has 146 valence electrons. The molecule has 0 aliphatic heterocycles. The van der Waals surface area contributed by atoms with Crippen LogP contribution >= 0.6 is 0 Å². The summed E-state index contributed by atoms with van der Waals surface area (Å²) in [5.74, 6) is 1.11. The summed E-state index contributed by atoms with van der Waals surface area (Å²) < 4.78 is 12.3. The lowest BCUT2D eigenvalue weighted by Crippen LogP contribution is -2.28. The summed E-state index contributed by atoms with van der Waals surface area (Å²) in [6, 6.07) is 18.4. The molecule has 4 aromatic rings. The van der Waals surface area contributed by atoms with Crippen molar-refractivity contribution in [1.29, 1.82) is 0 Å². The Bertz CT molecular complexity index is 1070. The number of nitrogens with one attached hydrogen (secondary N) is 1. The highest BCUT2D eigenvalue weighted by molar-refractivity contribution is 5.94. The Balaban J connectivity index is 1.58. The minimum absolute atomic E-state index is 0.220. The number of carbonyl (C=O) groups is 1. The van der Waals surface area contributed by atoms with Crippen LogP contribution in [0.15, 0.2) is 77.5 Å². The van der Waals surface area contributed by atoms with Crippen LogP contribution in [0.1, 0.15) is 16.2 Å². The molecule has 7 nitrogen and oxygen atoms in total. The molecule has 0 radical (unpaired) electrons. The van der Waals surface area contributed by atoms with Crippen molar-refractivity contribution < 1.29 is 13.9 Å². The van der Waals surface area contributed by atoms with Gasteiger partial charge in [-0.15, -0.1) is 0 Å². The SMILES string of the molecule is COc1ccc(-n2nc(-c3ccco3)cc2C(=O)NCCc2ccccn2)cc1. The fourth-order valence-corrected chi connectivity index (χ4v) is 2.95. The van der Waals surface area contributed by atoms with Crippen LogP contribution in [0.25, 0.3) is 17.1 Å². The van der Waals surface area contributed by atoms with E-state index in [0.29, 0.717) is 30.1 Å². The topological polar surface area (TPSA) is 82.2 Å². The van der Waals surface area contributed by atoms with Gasteiger partial charge in [-0.25, -0.2) is 4.68 Å². The van der Waals surface area contributed by atoms with Crippen molar-refractivity contribution in [1.82, 2.24) is 20.1 Å². The van der Waals surface area contributed by atoms with Gasteiger partial charge in [-0.2, -0.15) is 5.10 Å². The first-order valence-corrected chi connectivity index (χ1v) is 9.21. The average molecular weight is 388 g/mol. The third-order valence-corrected chi connectivity index (χ3v) is 4.43. The van der Waals surface area contributed by atoms with E-state index >= 15 is 0 Å². The van der Waals surface area contributed by atoms with Gasteiger partial charge in [0.25, 0.3) is 5.91 Å². The van der Waals surface area contributed by atoms with E-state index in [-0.39, 0.29) is 5.91 Å². The first kappa shape index (κ1) is 18.5. The second-order valence-electron chi connectivity index (χ2n) is 6.33. The number of ether oxygens (including phenoxy) is 1. The van der Waals surface area contributed by atoms with Crippen LogP contribution in [0.5, 0.6) is 5.75 Å². The molecule has 3 heterocycles. The van der Waals surface area contributed by atoms with Gasteiger partial charge in [0, 0.05) is 30.9 Å². The van der Waals surface area contributed by atoms with E-state index in [0.717, 1.165) is 17.1 Å². The lowest BCUT2D eigenvalue weighted by atomic mass is 10.2. The molecule has 29 heavy (non-hydrogen) atoms. The van der Waals surface area contributed by atoms with Crippen LogP contribution < -0.4 is 10.1 Å². The fraction of sp³-hybridized carbons (Fsp3) is 0.136. The number of amides is 1. The summed E-state index contributed by atoms with van der Waals surface area (Å²) in [6.07, 6.45) is 3.97. The molecule has 0 aliphatic carbocycles. The Labute approximate surface area is 168 Å². The predicted molar refractivity (Wildman–Crippen MR) is 108 cm³/mol. The van der Waals surface area contributed by atoms with E-state index < -0.39 is 0 Å². The average Bonchev–Trinajstić information content (AvgIpc) is 3.44. The van der Waals surface area contributed by atoms with Crippen molar-refractivity contribution in [2.24, 2.45) is 0 Å². The largest absolute Gasteiger partial charge is 0.497 e. The third-order valence-electron chi connectivity index (χ3n) is 4.43. The Kier molecular flexibility index (Phi) is 5.38. The van der Waals surface area contributed by atoms with E-state index in [1.807, 2.05) is 48.5 Å². The molecule has 7 heteroatoms. The van der Waals surface area contributed by atoms with Crippen LogP contribution in [-0.4, -0.2) is 34.3 Å². The maximum atomic E-state index is 12.9. The molecule has 3 aromatic heterocycles. The standard InChI is InChI=1S/C22H20N4O3/c1-28-18-9-7-17(8-10-18)26-20(15-19(25-26)21-6-4-14-29-21)22(27)24-13-11-16-5-2-3-12-23-16/h2-10,12,14-15H,11,13H2,1H3,(H,24,27). The number of hydrogen-bond acceptors (Lipinski definition) is 5. The summed E-state index contributed by atoms with van der Waals surface area (Å²) in [4.78, 5) is 17.2. The molecular formula is C22H20N4O3. The Hall–Kier alpha value is -3.87. The van der Waals surface area contributed by atoms with Gasteiger partial charge in [0.2, 0.25) is 0 Å². The normalized spacial score (nSPS) is 10.7. The maximum Gasteiger partial charge on any atom is 0.270 e. The number of carbonyl (C=O) groups excluding carboxylic acids is 1. The highest BCUT2D eigenvalue weighted by atomic mass is 16.5. The quantitative estimate of drug-likeness (QED) is 0.524. The van der Waals surface area contributed by atoms with E-state index in [9.17, 15) is 4.79 Å². The number of hydrogen-bond donors (Lipinski definition) is 1. The molecule has 0 atom stereocenters. The molecule has 0 saturated heterocycles. The van der Waals surface area contributed by atoms with Crippen molar-refractivity contribution in [3.8, 4) is 22.9 Å². The van der Waals surface area contributed by atoms with Gasteiger partial charge < -0.3 is 14.5 Å². The van der Waals surface area contributed by atoms with Gasteiger partial charge in [0.05, 0.1) is 19.1 Å². The first-order chi connectivity index (χ1) is 14.2. The van der Waals surface area contributed by atoms with Crippen LogP contribution in [0.3, 0.4) is 0 Å². The molecule has 0 fully saturated rings. The minimum atomic E-state index is -0.220. The second-order valence-corrected chi connectivity index (χ2v) is 6.33. The molecule has 1 amide bonds. The summed E-state index contributed by atoms with van der Waals surface area (Å²) in [7, 11) is 1.61. The van der Waals surface area contributed by atoms with E-state index in [2.05, 4.69) is 15.4 Å². The maximum absolute atomic E-state index is 12.9. The molecule has 1 aromatic carbocycles. The zero-order valence-corrected chi connectivity index (χ0v) is 15.9. The summed E-state index contributed by atoms with van der Waals surface area (Å²) in [5, 5.41) is 7.52. The smallest absolute Gasteiger partial charge is 0.270 e. The number of rotatable bonds is 7. The number of methoxy groups -OCH3 is 1. The van der Waals surface area contributed by atoms with Gasteiger partial charge in [-0.05, 0) is 48.5 Å². The van der Waals surface area contributed by atoms with Gasteiger partial charge >= 0.3 is 0 Å². The van der Waals surface area contributed by atoms with E-state index in [1.165, 1.54) is 0 Å². The number of aromatic nitrogens is 3. The highest BCUT2D eigenvalue weighted by Crippen LogP contribution is 2.23. The molecular weight excluding hydrogens is 368 g/mol. The zero-order valence-electron chi connectivity index (χ0n) is 15.9. The van der Waals surface area contributed by atoms with Crippen molar-refractivity contribution in [3.05, 3.63) is 84.5 Å². The van der Waals surface area contributed by atoms with Gasteiger partial charge in [0.15, 0.2) is 5.76 Å². The zero-order chi connectivity index (χ0) is 20.1. The van der Waals surface area contributed by atoms with Crippen molar-refractivity contribution in [2.75, 3.05) is 13.7 Å². The van der Waals surface area contributed by atoms with Gasteiger partial charge in [-0.3, -0.25) is 9.78 Å². The van der Waals surface area contributed by atoms with E-state index in [1.54, 1.807) is 36.4 Å². The Morgan fingerprint density at radius 2 is 2.00 bits per heavy atom. The monoisotopic (exact) mass is 388 g/mol. The summed E-state index contributed by atoms with van der Waals surface area (Å²) in [6.45, 7) is 0.472. The van der Waals surface area contributed by atoms with Gasteiger partial charge in [0.1, 0.15) is 17.1 Å². The Morgan fingerprint density at radius 1 is 1.14 bits per heavy atom. The highest BCUT2D eigenvalue weighted by Gasteiger charge is 2.18. The third kappa shape index (κ3) is 4.19. The van der Waals surface area contributed by atoms with Gasteiger partial charge in [-0.1, -0.05) is 6.07 Å². The second kappa shape index (κ2) is 8.43. The number of nitrogens with zero attached hydrogens (tertiary/aromatic N) is 3. The molecule has 4 rings (SSSR count).